The summed E-state index contributed by atoms with van der Waals surface area (Å²) in [5, 5.41) is 5.25. The summed E-state index contributed by atoms with van der Waals surface area (Å²) >= 11 is 1.72. The van der Waals surface area contributed by atoms with Gasteiger partial charge < -0.3 is 10.1 Å². The Morgan fingerprint density at radius 2 is 1.95 bits per heavy atom. The molecular weight excluding hydrogens is 294 g/mol. The van der Waals surface area contributed by atoms with Crippen molar-refractivity contribution in [2.75, 3.05) is 6.61 Å². The van der Waals surface area contributed by atoms with Gasteiger partial charge in [-0.1, -0.05) is 37.1 Å². The fraction of sp³-hybridized carbons (Fsp3) is 0.389. The molecule has 0 bridgehead atoms. The van der Waals surface area contributed by atoms with Crippen LogP contribution in [0, 0.1) is 5.92 Å². The van der Waals surface area contributed by atoms with Gasteiger partial charge in [0.2, 0.25) is 0 Å². The normalized spacial score (nSPS) is 16.4. The molecule has 0 aliphatic heterocycles. The van der Waals surface area contributed by atoms with Gasteiger partial charge in [-0.25, -0.2) is 0 Å². The van der Waals surface area contributed by atoms with E-state index in [0.717, 1.165) is 5.75 Å². The highest BCUT2D eigenvalue weighted by atomic mass is 32.1. The molecule has 3 rings (SSSR count). The van der Waals surface area contributed by atoms with E-state index < -0.39 is 0 Å². The van der Waals surface area contributed by atoms with Crippen LogP contribution < -0.4 is 10.1 Å². The van der Waals surface area contributed by atoms with Gasteiger partial charge in [-0.2, -0.15) is 0 Å². The van der Waals surface area contributed by atoms with E-state index in [4.69, 9.17) is 4.74 Å². The summed E-state index contributed by atoms with van der Waals surface area (Å²) in [6, 6.07) is 13.8. The molecule has 1 aromatic heterocycles. The second-order valence-electron chi connectivity index (χ2n) is 5.71. The van der Waals surface area contributed by atoms with Gasteiger partial charge in [-0.05, 0) is 42.3 Å². The molecule has 4 heteroatoms. The average Bonchev–Trinajstić information content (AvgIpc) is 3.25. The van der Waals surface area contributed by atoms with Gasteiger partial charge >= 0.3 is 0 Å². The summed E-state index contributed by atoms with van der Waals surface area (Å²) in [7, 11) is 0. The van der Waals surface area contributed by atoms with Crippen molar-refractivity contribution in [1.82, 2.24) is 5.32 Å². The van der Waals surface area contributed by atoms with Crippen LogP contribution in [0.4, 0.5) is 0 Å². The van der Waals surface area contributed by atoms with E-state index >= 15 is 0 Å². The highest BCUT2D eigenvalue weighted by Crippen LogP contribution is 2.37. The molecule has 1 saturated carbocycles. The molecule has 1 atom stereocenters. The van der Waals surface area contributed by atoms with Crippen LogP contribution >= 0.6 is 11.3 Å². The number of benzene rings is 1. The molecule has 1 aliphatic carbocycles. The van der Waals surface area contributed by atoms with Crippen LogP contribution in [0.3, 0.4) is 0 Å². The first-order chi connectivity index (χ1) is 10.8. The molecule has 1 N–H and O–H groups in total. The fourth-order valence-electron chi connectivity index (χ4n) is 3.06. The lowest BCUT2D eigenvalue weighted by molar-refractivity contribution is -0.124. The van der Waals surface area contributed by atoms with Crippen LogP contribution in [0.15, 0.2) is 47.8 Å². The molecule has 0 saturated heterocycles. The lowest BCUT2D eigenvalue weighted by Gasteiger charge is -2.23. The van der Waals surface area contributed by atoms with Crippen LogP contribution in [-0.2, 0) is 4.79 Å². The van der Waals surface area contributed by atoms with Crippen molar-refractivity contribution in [3.8, 4) is 5.75 Å². The third-order valence-corrected chi connectivity index (χ3v) is 5.11. The molecule has 116 valence electrons. The van der Waals surface area contributed by atoms with Gasteiger partial charge in [0, 0.05) is 4.88 Å². The Morgan fingerprint density at radius 1 is 1.18 bits per heavy atom. The lowest BCUT2D eigenvalue weighted by atomic mass is 9.96. The van der Waals surface area contributed by atoms with Gasteiger partial charge in [0.05, 0.1) is 6.04 Å². The van der Waals surface area contributed by atoms with Crippen molar-refractivity contribution in [1.29, 1.82) is 0 Å². The monoisotopic (exact) mass is 315 g/mol. The largest absolute Gasteiger partial charge is 0.484 e. The van der Waals surface area contributed by atoms with Crippen molar-refractivity contribution < 1.29 is 9.53 Å². The van der Waals surface area contributed by atoms with Gasteiger partial charge in [-0.15, -0.1) is 11.3 Å². The minimum atomic E-state index is -0.0471. The number of amides is 1. The SMILES string of the molecule is O=C(COc1ccccc1)NC(c1cccs1)C1CCCC1. The molecule has 3 nitrogen and oxygen atoms in total. The number of rotatable bonds is 6. The number of nitrogens with one attached hydrogen (secondary N) is 1. The molecule has 0 radical (unpaired) electrons. The standard InChI is InChI=1S/C18H21NO2S/c20-17(13-21-15-9-2-1-3-10-15)19-18(14-7-4-5-8-14)16-11-6-12-22-16/h1-3,6,9-12,14,18H,4-5,7-8,13H2,(H,19,20). The Bertz CT molecular complexity index is 576. The van der Waals surface area contributed by atoms with E-state index in [-0.39, 0.29) is 18.6 Å². The quantitative estimate of drug-likeness (QED) is 0.868. The van der Waals surface area contributed by atoms with Gasteiger partial charge in [0.1, 0.15) is 5.75 Å². The first-order valence-electron chi connectivity index (χ1n) is 7.83. The number of carbonyl (C=O) groups is 1. The van der Waals surface area contributed by atoms with Gasteiger partial charge in [0.15, 0.2) is 6.61 Å². The van der Waals surface area contributed by atoms with E-state index in [1.165, 1.54) is 30.6 Å². The summed E-state index contributed by atoms with van der Waals surface area (Å²) in [6.07, 6.45) is 4.93. The molecule has 1 heterocycles. The number of hydrogen-bond acceptors (Lipinski definition) is 3. The Balaban J connectivity index is 1.59. The number of thiophene rings is 1. The Morgan fingerprint density at radius 3 is 2.64 bits per heavy atom. The molecule has 0 spiro atoms. The minimum absolute atomic E-state index is 0.0471. The number of ether oxygens (including phenoxy) is 1. The lowest BCUT2D eigenvalue weighted by Crippen LogP contribution is -2.35. The zero-order valence-corrected chi connectivity index (χ0v) is 13.4. The van der Waals surface area contributed by atoms with Crippen molar-refractivity contribution >= 4 is 17.2 Å². The third-order valence-electron chi connectivity index (χ3n) is 4.15. The predicted octanol–water partition coefficient (Wildman–Crippen LogP) is 4.17. The summed E-state index contributed by atoms with van der Waals surface area (Å²) in [6.45, 7) is 0.0681. The first-order valence-corrected chi connectivity index (χ1v) is 8.71. The second-order valence-corrected chi connectivity index (χ2v) is 6.69. The molecule has 1 unspecified atom stereocenters. The summed E-state index contributed by atoms with van der Waals surface area (Å²) < 4.78 is 5.54. The highest BCUT2D eigenvalue weighted by Gasteiger charge is 2.28. The maximum absolute atomic E-state index is 12.2. The third kappa shape index (κ3) is 3.89. The molecular formula is C18H21NO2S. The summed E-state index contributed by atoms with van der Waals surface area (Å²) in [5.41, 5.74) is 0. The molecule has 1 aliphatic rings. The maximum Gasteiger partial charge on any atom is 0.258 e. The highest BCUT2D eigenvalue weighted by molar-refractivity contribution is 7.10. The molecule has 1 aromatic carbocycles. The zero-order valence-electron chi connectivity index (χ0n) is 12.5. The number of carbonyl (C=O) groups excluding carboxylic acids is 1. The molecule has 1 amide bonds. The number of para-hydroxylation sites is 1. The van der Waals surface area contributed by atoms with Crippen LogP contribution in [0.25, 0.3) is 0 Å². The Hall–Kier alpha value is -1.81. The van der Waals surface area contributed by atoms with Crippen LogP contribution in [0.5, 0.6) is 5.75 Å². The van der Waals surface area contributed by atoms with E-state index in [9.17, 15) is 4.79 Å². The van der Waals surface area contributed by atoms with Crippen molar-refractivity contribution in [2.45, 2.75) is 31.7 Å². The Labute approximate surface area is 135 Å². The van der Waals surface area contributed by atoms with Crippen molar-refractivity contribution in [2.24, 2.45) is 5.92 Å². The van der Waals surface area contributed by atoms with E-state index in [0.29, 0.717) is 5.92 Å². The summed E-state index contributed by atoms with van der Waals surface area (Å²) in [4.78, 5) is 13.5. The Kier molecular flexibility index (Phi) is 5.11. The van der Waals surface area contributed by atoms with Gasteiger partial charge in [-0.3, -0.25) is 4.79 Å². The van der Waals surface area contributed by atoms with Crippen LogP contribution in [-0.4, -0.2) is 12.5 Å². The number of hydrogen-bond donors (Lipinski definition) is 1. The fourth-order valence-corrected chi connectivity index (χ4v) is 3.93. The van der Waals surface area contributed by atoms with E-state index in [1.54, 1.807) is 11.3 Å². The van der Waals surface area contributed by atoms with Crippen molar-refractivity contribution in [3.63, 3.8) is 0 Å². The topological polar surface area (TPSA) is 38.3 Å². The van der Waals surface area contributed by atoms with E-state index in [2.05, 4.69) is 22.8 Å². The van der Waals surface area contributed by atoms with Crippen molar-refractivity contribution in [3.05, 3.63) is 52.7 Å². The molecule has 2 aromatic rings. The average molecular weight is 315 g/mol. The molecule has 22 heavy (non-hydrogen) atoms. The zero-order chi connectivity index (χ0) is 15.2. The maximum atomic E-state index is 12.2. The molecule has 1 fully saturated rings. The van der Waals surface area contributed by atoms with E-state index in [1.807, 2.05) is 30.3 Å². The van der Waals surface area contributed by atoms with Crippen LogP contribution in [0.1, 0.15) is 36.6 Å². The minimum Gasteiger partial charge on any atom is -0.484 e. The predicted molar refractivity (Wildman–Crippen MR) is 89.1 cm³/mol. The van der Waals surface area contributed by atoms with Gasteiger partial charge in [0.25, 0.3) is 5.91 Å². The van der Waals surface area contributed by atoms with Crippen LogP contribution in [0.2, 0.25) is 0 Å². The smallest absolute Gasteiger partial charge is 0.258 e. The summed E-state index contributed by atoms with van der Waals surface area (Å²) in [5.74, 6) is 1.24. The first kappa shape index (κ1) is 15.1. The second kappa shape index (κ2) is 7.45.